The minimum Gasteiger partial charge on any atom is -0.398 e. The van der Waals surface area contributed by atoms with Crippen molar-refractivity contribution in [3.05, 3.63) is 34.4 Å². The smallest absolute Gasteiger partial charge is 0.0868 e. The van der Waals surface area contributed by atoms with Gasteiger partial charge in [-0.15, -0.1) is 0 Å². The van der Waals surface area contributed by atoms with Gasteiger partial charge < -0.3 is 5.73 Å². The molecule has 1 fully saturated rings. The van der Waals surface area contributed by atoms with Crippen LogP contribution in [0.1, 0.15) is 37.3 Å². The molecule has 0 unspecified atom stereocenters. The van der Waals surface area contributed by atoms with E-state index >= 15 is 0 Å². The predicted molar refractivity (Wildman–Crippen MR) is 75.1 cm³/mol. The van der Waals surface area contributed by atoms with E-state index in [1.807, 2.05) is 18.2 Å². The fourth-order valence-corrected chi connectivity index (χ4v) is 3.15. The molecular formula is C14H15BrN2. The summed E-state index contributed by atoms with van der Waals surface area (Å²) in [5.41, 5.74) is 9.14. The van der Waals surface area contributed by atoms with E-state index in [0.29, 0.717) is 5.92 Å². The molecule has 1 aliphatic rings. The van der Waals surface area contributed by atoms with Crippen molar-refractivity contribution < 1.29 is 0 Å². The number of fused-ring (bicyclic) bond motifs is 1. The van der Waals surface area contributed by atoms with Crippen LogP contribution in [0.5, 0.6) is 0 Å². The maximum absolute atomic E-state index is 6.13. The number of halogens is 1. The molecule has 0 radical (unpaired) electrons. The quantitative estimate of drug-likeness (QED) is 0.853. The minimum absolute atomic E-state index is 0.605. The molecule has 0 bridgehead atoms. The summed E-state index contributed by atoms with van der Waals surface area (Å²) in [5.74, 6) is 0.605. The molecule has 1 saturated carbocycles. The van der Waals surface area contributed by atoms with Crippen LogP contribution in [0.15, 0.2) is 28.7 Å². The number of nitrogens with zero attached hydrogens (tertiary/aromatic N) is 1. The zero-order chi connectivity index (χ0) is 11.8. The van der Waals surface area contributed by atoms with Gasteiger partial charge in [0.25, 0.3) is 0 Å². The van der Waals surface area contributed by atoms with E-state index in [9.17, 15) is 0 Å². The third kappa shape index (κ3) is 1.93. The monoisotopic (exact) mass is 290 g/mol. The number of hydrogen-bond donors (Lipinski definition) is 1. The lowest BCUT2D eigenvalue weighted by Gasteiger charge is -2.12. The first kappa shape index (κ1) is 11.0. The molecule has 2 N–H and O–H groups in total. The van der Waals surface area contributed by atoms with Crippen molar-refractivity contribution in [2.45, 2.75) is 31.6 Å². The highest BCUT2D eigenvalue weighted by Crippen LogP contribution is 2.36. The van der Waals surface area contributed by atoms with Gasteiger partial charge in [-0.05, 0) is 40.9 Å². The molecule has 1 heterocycles. The van der Waals surface area contributed by atoms with Gasteiger partial charge in [0.05, 0.1) is 5.52 Å². The van der Waals surface area contributed by atoms with E-state index < -0.39 is 0 Å². The number of rotatable bonds is 1. The Balaban J connectivity index is 2.18. The third-order valence-electron chi connectivity index (χ3n) is 3.62. The average molecular weight is 291 g/mol. The highest BCUT2D eigenvalue weighted by atomic mass is 79.9. The number of nitrogens with two attached hydrogens (primary N) is 1. The fourth-order valence-electron chi connectivity index (χ4n) is 2.69. The SMILES string of the molecule is Nc1cc(C2CCCC2)nc2c(Br)cccc12. The number of para-hydroxylation sites is 1. The van der Waals surface area contributed by atoms with Crippen LogP contribution in [0.2, 0.25) is 0 Å². The van der Waals surface area contributed by atoms with Crippen molar-refractivity contribution in [3.63, 3.8) is 0 Å². The first-order valence-corrected chi connectivity index (χ1v) is 6.89. The van der Waals surface area contributed by atoms with Gasteiger partial charge >= 0.3 is 0 Å². The lowest BCUT2D eigenvalue weighted by molar-refractivity contribution is 0.701. The molecule has 1 aliphatic carbocycles. The van der Waals surface area contributed by atoms with Gasteiger partial charge in [0.15, 0.2) is 0 Å². The molecular weight excluding hydrogens is 276 g/mol. The molecule has 2 nitrogen and oxygen atoms in total. The van der Waals surface area contributed by atoms with Gasteiger partial charge in [-0.25, -0.2) is 0 Å². The lowest BCUT2D eigenvalue weighted by atomic mass is 10.0. The zero-order valence-corrected chi connectivity index (χ0v) is 11.2. The number of nitrogen functional groups attached to an aromatic ring is 1. The second-order valence-electron chi connectivity index (χ2n) is 4.75. The minimum atomic E-state index is 0.605. The Morgan fingerprint density at radius 3 is 2.76 bits per heavy atom. The van der Waals surface area contributed by atoms with Crippen LogP contribution in [0.4, 0.5) is 5.69 Å². The first-order valence-electron chi connectivity index (χ1n) is 6.10. The first-order chi connectivity index (χ1) is 8.25. The van der Waals surface area contributed by atoms with E-state index in [-0.39, 0.29) is 0 Å². The predicted octanol–water partition coefficient (Wildman–Crippen LogP) is 4.24. The fraction of sp³-hybridized carbons (Fsp3) is 0.357. The Morgan fingerprint density at radius 2 is 2.00 bits per heavy atom. The molecule has 0 spiro atoms. The Bertz CT molecular complexity index is 559. The maximum Gasteiger partial charge on any atom is 0.0868 e. The Morgan fingerprint density at radius 1 is 1.24 bits per heavy atom. The van der Waals surface area contributed by atoms with Gasteiger partial charge in [0.1, 0.15) is 0 Å². The molecule has 17 heavy (non-hydrogen) atoms. The molecule has 0 aliphatic heterocycles. The van der Waals surface area contributed by atoms with Crippen LogP contribution in [0.25, 0.3) is 10.9 Å². The molecule has 88 valence electrons. The molecule has 0 amide bonds. The molecule has 3 rings (SSSR count). The van der Waals surface area contributed by atoms with Crippen molar-refractivity contribution in [3.8, 4) is 0 Å². The van der Waals surface area contributed by atoms with Crippen LogP contribution in [0, 0.1) is 0 Å². The number of anilines is 1. The van der Waals surface area contributed by atoms with E-state index in [2.05, 4.69) is 22.0 Å². The Kier molecular flexibility index (Phi) is 2.79. The second-order valence-corrected chi connectivity index (χ2v) is 5.61. The highest BCUT2D eigenvalue weighted by molar-refractivity contribution is 9.10. The summed E-state index contributed by atoms with van der Waals surface area (Å²) in [6.45, 7) is 0. The summed E-state index contributed by atoms with van der Waals surface area (Å²) in [7, 11) is 0. The standard InChI is InChI=1S/C14H15BrN2/c15-11-7-3-6-10-12(16)8-13(17-14(10)11)9-4-1-2-5-9/h3,6-9H,1-2,4-5H2,(H2,16,17). The van der Waals surface area contributed by atoms with Gasteiger partial charge in [-0.2, -0.15) is 0 Å². The molecule has 0 saturated heterocycles. The average Bonchev–Trinajstić information content (AvgIpc) is 2.84. The van der Waals surface area contributed by atoms with Crippen LogP contribution in [-0.4, -0.2) is 4.98 Å². The normalized spacial score (nSPS) is 16.8. The van der Waals surface area contributed by atoms with Crippen molar-refractivity contribution in [1.82, 2.24) is 4.98 Å². The third-order valence-corrected chi connectivity index (χ3v) is 4.26. The van der Waals surface area contributed by atoms with Crippen molar-refractivity contribution in [2.24, 2.45) is 0 Å². The van der Waals surface area contributed by atoms with Crippen LogP contribution < -0.4 is 5.73 Å². The molecule has 1 aromatic heterocycles. The van der Waals surface area contributed by atoms with Gasteiger partial charge in [0, 0.05) is 27.2 Å². The van der Waals surface area contributed by atoms with E-state index in [1.165, 1.54) is 31.4 Å². The van der Waals surface area contributed by atoms with E-state index in [1.54, 1.807) is 0 Å². The maximum atomic E-state index is 6.13. The van der Waals surface area contributed by atoms with Gasteiger partial charge in [-0.3, -0.25) is 4.98 Å². The highest BCUT2D eigenvalue weighted by Gasteiger charge is 2.19. The second kappa shape index (κ2) is 4.30. The topological polar surface area (TPSA) is 38.9 Å². The summed E-state index contributed by atoms with van der Waals surface area (Å²) < 4.78 is 1.03. The molecule has 1 aromatic carbocycles. The molecule has 3 heteroatoms. The van der Waals surface area contributed by atoms with Crippen LogP contribution in [0.3, 0.4) is 0 Å². The van der Waals surface area contributed by atoms with Gasteiger partial charge in [-0.1, -0.05) is 25.0 Å². The summed E-state index contributed by atoms with van der Waals surface area (Å²) >= 11 is 3.56. The number of hydrogen-bond acceptors (Lipinski definition) is 2. The van der Waals surface area contributed by atoms with Crippen LogP contribution >= 0.6 is 15.9 Å². The largest absolute Gasteiger partial charge is 0.398 e. The summed E-state index contributed by atoms with van der Waals surface area (Å²) in [4.78, 5) is 4.79. The Hall–Kier alpha value is -1.09. The van der Waals surface area contributed by atoms with Crippen LogP contribution in [-0.2, 0) is 0 Å². The van der Waals surface area contributed by atoms with E-state index in [0.717, 1.165) is 21.1 Å². The lowest BCUT2D eigenvalue weighted by Crippen LogP contribution is -2.00. The molecule has 0 atom stereocenters. The van der Waals surface area contributed by atoms with Gasteiger partial charge in [0.2, 0.25) is 0 Å². The van der Waals surface area contributed by atoms with Crippen molar-refractivity contribution >= 4 is 32.5 Å². The Labute approximate surface area is 109 Å². The van der Waals surface area contributed by atoms with Crippen molar-refractivity contribution in [1.29, 1.82) is 0 Å². The summed E-state index contributed by atoms with van der Waals surface area (Å²) in [6.07, 6.45) is 5.14. The molecule has 2 aromatic rings. The van der Waals surface area contributed by atoms with E-state index in [4.69, 9.17) is 10.7 Å². The summed E-state index contributed by atoms with van der Waals surface area (Å²) in [5, 5.41) is 1.04. The zero-order valence-electron chi connectivity index (χ0n) is 9.62. The number of aromatic nitrogens is 1. The summed E-state index contributed by atoms with van der Waals surface area (Å²) in [6, 6.07) is 8.11. The number of pyridine rings is 1. The number of benzene rings is 1. The van der Waals surface area contributed by atoms with Crippen molar-refractivity contribution in [2.75, 3.05) is 5.73 Å².